The van der Waals surface area contributed by atoms with Crippen molar-refractivity contribution in [1.82, 2.24) is 14.8 Å². The lowest BCUT2D eigenvalue weighted by molar-refractivity contribution is 0.888. The molecule has 0 saturated heterocycles. The van der Waals surface area contributed by atoms with Gasteiger partial charge < -0.3 is 0 Å². The van der Waals surface area contributed by atoms with Gasteiger partial charge in [-0.05, 0) is 29.8 Å². The lowest BCUT2D eigenvalue weighted by atomic mass is 10.2. The summed E-state index contributed by atoms with van der Waals surface area (Å²) in [5, 5.41) is 10.4. The lowest BCUT2D eigenvalue weighted by Gasteiger charge is -2.10. The van der Waals surface area contributed by atoms with Gasteiger partial charge in [0, 0.05) is 17.0 Å². The Morgan fingerprint density at radius 3 is 2.25 bits per heavy atom. The Morgan fingerprint density at radius 1 is 0.821 bits per heavy atom. The summed E-state index contributed by atoms with van der Waals surface area (Å²) in [6, 6.07) is 28.1. The van der Waals surface area contributed by atoms with Gasteiger partial charge >= 0.3 is 0 Å². The van der Waals surface area contributed by atoms with Crippen LogP contribution >= 0.6 is 23.4 Å². The summed E-state index contributed by atoms with van der Waals surface area (Å²) in [6.45, 7) is 0. The van der Waals surface area contributed by atoms with Crippen LogP contribution in [0.5, 0.6) is 0 Å². The Hall–Kier alpha value is -2.82. The Balaban J connectivity index is 1.64. The second-order valence-electron chi connectivity index (χ2n) is 6.08. The zero-order valence-electron chi connectivity index (χ0n) is 15.1. The molecule has 0 fully saturated rings. The number of benzene rings is 3. The molecule has 0 bridgehead atoms. The minimum Gasteiger partial charge on any atom is -0.270 e. The van der Waals surface area contributed by atoms with Gasteiger partial charge in [0.25, 0.3) is 0 Å². The van der Waals surface area contributed by atoms with E-state index in [1.54, 1.807) is 11.8 Å². The van der Waals surface area contributed by atoms with Gasteiger partial charge in [-0.25, -0.2) is 0 Å². The highest BCUT2D eigenvalue weighted by molar-refractivity contribution is 7.99. The number of thioether (sulfide) groups is 1. The molecule has 138 valence electrons. The molecule has 0 aliphatic rings. The molecule has 0 unspecified atom stereocenters. The molecule has 0 saturated carbocycles. The van der Waals surface area contributed by atoms with Crippen LogP contribution in [0.2, 0.25) is 5.02 Å². The molecular formula is C23H18ClN3S. The van der Waals surface area contributed by atoms with Crippen molar-refractivity contribution in [3.63, 3.8) is 0 Å². The van der Waals surface area contributed by atoms with Crippen molar-refractivity contribution in [3.05, 3.63) is 102 Å². The van der Waals surface area contributed by atoms with Gasteiger partial charge in [-0.2, -0.15) is 0 Å². The Bertz CT molecular complexity index is 1080. The van der Waals surface area contributed by atoms with Crippen LogP contribution in [0, 0.1) is 0 Å². The quantitative estimate of drug-likeness (QED) is 0.349. The lowest BCUT2D eigenvalue weighted by Crippen LogP contribution is -1.99. The number of hydrogen-bond acceptors (Lipinski definition) is 3. The molecule has 4 aromatic rings. The molecule has 0 aliphatic carbocycles. The van der Waals surface area contributed by atoms with E-state index in [0.29, 0.717) is 5.02 Å². The highest BCUT2D eigenvalue weighted by Gasteiger charge is 2.17. The third-order valence-corrected chi connectivity index (χ3v) is 5.39. The zero-order valence-corrected chi connectivity index (χ0v) is 16.6. The third-order valence-electron chi connectivity index (χ3n) is 4.18. The van der Waals surface area contributed by atoms with E-state index >= 15 is 0 Å². The molecule has 0 spiro atoms. The Kier molecular flexibility index (Phi) is 5.90. The monoisotopic (exact) mass is 403 g/mol. The maximum absolute atomic E-state index is 6.42. The van der Waals surface area contributed by atoms with E-state index in [2.05, 4.69) is 39.0 Å². The predicted octanol–water partition coefficient (Wildman–Crippen LogP) is 6.39. The number of halogens is 1. The van der Waals surface area contributed by atoms with E-state index in [1.165, 1.54) is 5.56 Å². The standard InChI is InChI=1S/C23H18ClN3S/c24-21-16-8-7-15-20(21)22-25-26-23(27(22)19-13-5-2-6-14-19)28-17-9-12-18-10-3-1-4-11-18/h1-16H,17H2/b12-9+. The summed E-state index contributed by atoms with van der Waals surface area (Å²) in [5.74, 6) is 1.54. The molecular weight excluding hydrogens is 386 g/mol. The van der Waals surface area contributed by atoms with Crippen LogP contribution in [0.4, 0.5) is 0 Å². The van der Waals surface area contributed by atoms with Gasteiger partial charge in [0.05, 0.1) is 5.02 Å². The molecule has 0 radical (unpaired) electrons. The maximum atomic E-state index is 6.42. The van der Waals surface area contributed by atoms with Gasteiger partial charge in [-0.3, -0.25) is 4.57 Å². The molecule has 1 heterocycles. The first-order valence-electron chi connectivity index (χ1n) is 8.93. The topological polar surface area (TPSA) is 30.7 Å². The highest BCUT2D eigenvalue weighted by atomic mass is 35.5. The molecule has 28 heavy (non-hydrogen) atoms. The molecule has 4 rings (SSSR count). The summed E-state index contributed by atoms with van der Waals surface area (Å²) in [5.41, 5.74) is 3.06. The fraction of sp³-hybridized carbons (Fsp3) is 0.0435. The largest absolute Gasteiger partial charge is 0.270 e. The number of hydrogen-bond donors (Lipinski definition) is 0. The number of aromatic nitrogens is 3. The second-order valence-corrected chi connectivity index (χ2v) is 7.48. The van der Waals surface area contributed by atoms with E-state index < -0.39 is 0 Å². The number of nitrogens with zero attached hydrogens (tertiary/aromatic N) is 3. The summed E-state index contributed by atoms with van der Waals surface area (Å²) < 4.78 is 2.06. The summed E-state index contributed by atoms with van der Waals surface area (Å²) in [7, 11) is 0. The fourth-order valence-electron chi connectivity index (χ4n) is 2.86. The molecule has 0 atom stereocenters. The minimum atomic E-state index is 0.660. The molecule has 0 aliphatic heterocycles. The fourth-order valence-corrected chi connectivity index (χ4v) is 3.84. The van der Waals surface area contributed by atoms with Crippen molar-refractivity contribution in [2.24, 2.45) is 0 Å². The highest BCUT2D eigenvalue weighted by Crippen LogP contribution is 2.31. The van der Waals surface area contributed by atoms with Crippen molar-refractivity contribution in [2.45, 2.75) is 5.16 Å². The molecule has 0 N–H and O–H groups in total. The minimum absolute atomic E-state index is 0.660. The first-order chi connectivity index (χ1) is 13.8. The second kappa shape index (κ2) is 8.91. The molecule has 1 aromatic heterocycles. The van der Waals surface area contributed by atoms with Gasteiger partial charge in [-0.1, -0.05) is 96.2 Å². The van der Waals surface area contributed by atoms with E-state index in [4.69, 9.17) is 11.6 Å². The number of para-hydroxylation sites is 1. The van der Waals surface area contributed by atoms with Crippen molar-refractivity contribution < 1.29 is 0 Å². The summed E-state index contributed by atoms with van der Waals surface area (Å²) >= 11 is 8.06. The Labute approximate surface area is 173 Å². The molecule has 5 heteroatoms. The van der Waals surface area contributed by atoms with Gasteiger partial charge in [0.15, 0.2) is 11.0 Å². The van der Waals surface area contributed by atoms with Gasteiger partial charge in [0.1, 0.15) is 0 Å². The average molecular weight is 404 g/mol. The third kappa shape index (κ3) is 4.19. The van der Waals surface area contributed by atoms with Crippen molar-refractivity contribution in [1.29, 1.82) is 0 Å². The SMILES string of the molecule is Clc1ccccc1-c1nnc(SC/C=C/c2ccccc2)n1-c1ccccc1. The van der Waals surface area contributed by atoms with Crippen LogP contribution in [-0.2, 0) is 0 Å². The van der Waals surface area contributed by atoms with E-state index in [1.807, 2.05) is 72.8 Å². The van der Waals surface area contributed by atoms with Crippen LogP contribution in [-0.4, -0.2) is 20.5 Å². The van der Waals surface area contributed by atoms with E-state index in [-0.39, 0.29) is 0 Å². The summed E-state index contributed by atoms with van der Waals surface area (Å²) in [6.07, 6.45) is 4.25. The van der Waals surface area contributed by atoms with E-state index in [0.717, 1.165) is 28.0 Å². The Morgan fingerprint density at radius 2 is 1.50 bits per heavy atom. The van der Waals surface area contributed by atoms with Gasteiger partial charge in [-0.15, -0.1) is 10.2 Å². The van der Waals surface area contributed by atoms with Crippen LogP contribution in [0.25, 0.3) is 23.2 Å². The van der Waals surface area contributed by atoms with Crippen molar-refractivity contribution in [2.75, 3.05) is 5.75 Å². The van der Waals surface area contributed by atoms with Crippen LogP contribution < -0.4 is 0 Å². The first-order valence-corrected chi connectivity index (χ1v) is 10.3. The molecule has 3 aromatic carbocycles. The maximum Gasteiger partial charge on any atom is 0.196 e. The van der Waals surface area contributed by atoms with Crippen molar-refractivity contribution >= 4 is 29.4 Å². The molecule has 0 amide bonds. The summed E-state index contributed by atoms with van der Waals surface area (Å²) in [4.78, 5) is 0. The van der Waals surface area contributed by atoms with Crippen LogP contribution in [0.15, 0.2) is 96.2 Å². The van der Waals surface area contributed by atoms with Gasteiger partial charge in [0.2, 0.25) is 0 Å². The zero-order chi connectivity index (χ0) is 19.2. The normalized spacial score (nSPS) is 11.2. The van der Waals surface area contributed by atoms with Crippen molar-refractivity contribution in [3.8, 4) is 17.1 Å². The van der Waals surface area contributed by atoms with E-state index in [9.17, 15) is 0 Å². The molecule has 3 nitrogen and oxygen atoms in total. The first kappa shape index (κ1) is 18.5. The number of rotatable bonds is 6. The predicted molar refractivity (Wildman–Crippen MR) is 118 cm³/mol. The van der Waals surface area contributed by atoms with Crippen LogP contribution in [0.1, 0.15) is 5.56 Å². The van der Waals surface area contributed by atoms with Crippen LogP contribution in [0.3, 0.4) is 0 Å². The average Bonchev–Trinajstić information content (AvgIpc) is 3.16. The smallest absolute Gasteiger partial charge is 0.196 e.